The lowest BCUT2D eigenvalue weighted by atomic mass is 9.87. The van der Waals surface area contributed by atoms with Gasteiger partial charge in [0.1, 0.15) is 11.6 Å². The van der Waals surface area contributed by atoms with Gasteiger partial charge in [0.25, 0.3) is 0 Å². The SMILES string of the molecule is CN(CCC1CCCCC1)C(=O)[C@H](Cc1ccccc1)NC(=O)OC(C)(C)C. The van der Waals surface area contributed by atoms with Gasteiger partial charge in [0, 0.05) is 20.0 Å². The van der Waals surface area contributed by atoms with Crippen molar-refractivity contribution in [3.8, 4) is 0 Å². The van der Waals surface area contributed by atoms with E-state index in [-0.39, 0.29) is 5.91 Å². The number of hydrogen-bond acceptors (Lipinski definition) is 3. The first-order valence-electron chi connectivity index (χ1n) is 10.5. The molecule has 1 aromatic rings. The fourth-order valence-electron chi connectivity index (χ4n) is 3.73. The van der Waals surface area contributed by atoms with Gasteiger partial charge in [0.15, 0.2) is 0 Å². The van der Waals surface area contributed by atoms with Crippen LogP contribution < -0.4 is 5.32 Å². The Morgan fingerprint density at radius 2 is 1.79 bits per heavy atom. The molecule has 0 aliphatic heterocycles. The molecule has 1 atom stereocenters. The molecule has 1 aliphatic carbocycles. The third-order valence-corrected chi connectivity index (χ3v) is 5.25. The second-order valence-corrected chi connectivity index (χ2v) is 8.94. The Morgan fingerprint density at radius 3 is 2.39 bits per heavy atom. The summed E-state index contributed by atoms with van der Waals surface area (Å²) in [5.74, 6) is 0.654. The highest BCUT2D eigenvalue weighted by molar-refractivity contribution is 5.85. The number of hydrogen-bond donors (Lipinski definition) is 1. The molecule has 2 amide bonds. The molecule has 156 valence electrons. The lowest BCUT2D eigenvalue weighted by Crippen LogP contribution is -2.50. The molecule has 0 aromatic heterocycles. The van der Waals surface area contributed by atoms with E-state index in [1.165, 1.54) is 32.1 Å². The van der Waals surface area contributed by atoms with Gasteiger partial charge in [-0.3, -0.25) is 4.79 Å². The van der Waals surface area contributed by atoms with Crippen molar-refractivity contribution in [2.75, 3.05) is 13.6 Å². The quantitative estimate of drug-likeness (QED) is 0.745. The predicted molar refractivity (Wildman–Crippen MR) is 112 cm³/mol. The van der Waals surface area contributed by atoms with Gasteiger partial charge >= 0.3 is 6.09 Å². The van der Waals surface area contributed by atoms with E-state index in [0.717, 1.165) is 24.4 Å². The van der Waals surface area contributed by atoms with E-state index < -0.39 is 17.7 Å². The zero-order chi connectivity index (χ0) is 20.6. The minimum atomic E-state index is -0.631. The van der Waals surface area contributed by atoms with E-state index in [4.69, 9.17) is 4.74 Å². The van der Waals surface area contributed by atoms with Gasteiger partial charge in [0.2, 0.25) is 5.91 Å². The van der Waals surface area contributed by atoms with Crippen LogP contribution in [0.15, 0.2) is 30.3 Å². The van der Waals surface area contributed by atoms with E-state index in [2.05, 4.69) is 5.32 Å². The van der Waals surface area contributed by atoms with Gasteiger partial charge in [-0.1, -0.05) is 62.4 Å². The van der Waals surface area contributed by atoms with Crippen LogP contribution in [-0.4, -0.2) is 42.1 Å². The first-order chi connectivity index (χ1) is 13.2. The average molecular weight is 389 g/mol. The van der Waals surface area contributed by atoms with E-state index in [9.17, 15) is 9.59 Å². The van der Waals surface area contributed by atoms with Crippen molar-refractivity contribution < 1.29 is 14.3 Å². The lowest BCUT2D eigenvalue weighted by Gasteiger charge is -2.28. The number of amides is 2. The molecule has 1 saturated carbocycles. The monoisotopic (exact) mass is 388 g/mol. The summed E-state index contributed by atoms with van der Waals surface area (Å²) in [6, 6.07) is 9.14. The zero-order valence-corrected chi connectivity index (χ0v) is 17.9. The maximum Gasteiger partial charge on any atom is 0.408 e. The standard InChI is InChI=1S/C23H36N2O3/c1-23(2,3)28-22(27)24-20(17-19-13-9-6-10-14-19)21(26)25(4)16-15-18-11-7-5-8-12-18/h6,9-10,13-14,18,20H,5,7-8,11-12,15-17H2,1-4H3,(H,24,27)/t20-/m0/s1. The maximum absolute atomic E-state index is 13.1. The van der Waals surface area contributed by atoms with Crippen molar-refractivity contribution in [1.29, 1.82) is 0 Å². The third kappa shape index (κ3) is 7.91. The first kappa shape index (κ1) is 22.3. The molecule has 28 heavy (non-hydrogen) atoms. The van der Waals surface area contributed by atoms with Crippen molar-refractivity contribution in [2.45, 2.75) is 77.4 Å². The van der Waals surface area contributed by atoms with Crippen molar-refractivity contribution >= 4 is 12.0 Å². The second kappa shape index (κ2) is 10.5. The average Bonchev–Trinajstić information content (AvgIpc) is 2.65. The highest BCUT2D eigenvalue weighted by atomic mass is 16.6. The molecule has 1 aromatic carbocycles. The van der Waals surface area contributed by atoms with E-state index >= 15 is 0 Å². The van der Waals surface area contributed by atoms with Gasteiger partial charge in [-0.05, 0) is 38.7 Å². The van der Waals surface area contributed by atoms with Crippen LogP contribution in [0.2, 0.25) is 0 Å². The van der Waals surface area contributed by atoms with Crippen LogP contribution in [0.25, 0.3) is 0 Å². The van der Waals surface area contributed by atoms with Crippen molar-refractivity contribution in [3.05, 3.63) is 35.9 Å². The Hall–Kier alpha value is -2.04. The number of ether oxygens (including phenoxy) is 1. The summed E-state index contributed by atoms with van der Waals surface area (Å²) in [4.78, 5) is 27.1. The highest BCUT2D eigenvalue weighted by Gasteiger charge is 2.27. The molecule has 1 aliphatic rings. The minimum Gasteiger partial charge on any atom is -0.444 e. The smallest absolute Gasteiger partial charge is 0.408 e. The summed E-state index contributed by atoms with van der Waals surface area (Å²) >= 11 is 0. The molecule has 5 heteroatoms. The summed E-state index contributed by atoms with van der Waals surface area (Å²) in [7, 11) is 1.83. The Labute approximate surface area is 169 Å². The molecular formula is C23H36N2O3. The van der Waals surface area contributed by atoms with Gasteiger partial charge in [-0.2, -0.15) is 0 Å². The number of carbonyl (C=O) groups excluding carboxylic acids is 2. The second-order valence-electron chi connectivity index (χ2n) is 8.94. The van der Waals surface area contributed by atoms with Crippen LogP contribution >= 0.6 is 0 Å². The molecule has 1 N–H and O–H groups in total. The van der Waals surface area contributed by atoms with E-state index in [1.54, 1.807) is 4.90 Å². The number of likely N-dealkylation sites (N-methyl/N-ethyl adjacent to an activating group) is 1. The van der Waals surface area contributed by atoms with Crippen molar-refractivity contribution in [1.82, 2.24) is 10.2 Å². The zero-order valence-electron chi connectivity index (χ0n) is 17.9. The largest absolute Gasteiger partial charge is 0.444 e. The van der Waals surface area contributed by atoms with Gasteiger partial charge in [-0.25, -0.2) is 4.79 Å². The molecule has 2 rings (SSSR count). The maximum atomic E-state index is 13.1. The first-order valence-corrected chi connectivity index (χ1v) is 10.5. The predicted octanol–water partition coefficient (Wildman–Crippen LogP) is 4.55. The van der Waals surface area contributed by atoms with Gasteiger partial charge < -0.3 is 15.0 Å². The molecule has 0 radical (unpaired) electrons. The molecule has 0 spiro atoms. The Bertz CT molecular complexity index is 618. The molecule has 0 saturated heterocycles. The Balaban J connectivity index is 1.98. The summed E-state index contributed by atoms with van der Waals surface area (Å²) in [5.41, 5.74) is 0.412. The van der Waals surface area contributed by atoms with Crippen LogP contribution in [0.1, 0.15) is 64.9 Å². The number of nitrogens with one attached hydrogen (secondary N) is 1. The summed E-state index contributed by atoms with van der Waals surface area (Å²) in [6.45, 7) is 6.18. The molecular weight excluding hydrogens is 352 g/mol. The minimum absolute atomic E-state index is 0.0643. The van der Waals surface area contributed by atoms with Crippen molar-refractivity contribution in [3.63, 3.8) is 0 Å². The van der Waals surface area contributed by atoms with Crippen LogP contribution in [0, 0.1) is 5.92 Å². The number of nitrogens with zero attached hydrogens (tertiary/aromatic N) is 1. The number of benzene rings is 1. The molecule has 0 unspecified atom stereocenters. The normalized spacial score (nSPS) is 16.3. The van der Waals surface area contributed by atoms with Crippen molar-refractivity contribution in [2.24, 2.45) is 5.92 Å². The highest BCUT2D eigenvalue weighted by Crippen LogP contribution is 2.26. The summed E-state index contributed by atoms with van der Waals surface area (Å²) in [6.07, 6.45) is 7.42. The fourth-order valence-corrected chi connectivity index (χ4v) is 3.73. The lowest BCUT2D eigenvalue weighted by molar-refractivity contribution is -0.132. The molecule has 5 nitrogen and oxygen atoms in total. The summed E-state index contributed by atoms with van der Waals surface area (Å²) in [5, 5.41) is 2.79. The van der Waals surface area contributed by atoms with Gasteiger partial charge in [-0.15, -0.1) is 0 Å². The number of alkyl carbamates (subject to hydrolysis) is 1. The molecule has 0 heterocycles. The van der Waals surface area contributed by atoms with Crippen LogP contribution in [0.5, 0.6) is 0 Å². The number of carbonyl (C=O) groups is 2. The van der Waals surface area contributed by atoms with E-state index in [0.29, 0.717) is 6.42 Å². The topological polar surface area (TPSA) is 58.6 Å². The fraction of sp³-hybridized carbons (Fsp3) is 0.652. The molecule has 1 fully saturated rings. The van der Waals surface area contributed by atoms with Crippen LogP contribution in [-0.2, 0) is 16.0 Å². The Morgan fingerprint density at radius 1 is 1.14 bits per heavy atom. The summed E-state index contributed by atoms with van der Waals surface area (Å²) < 4.78 is 5.37. The van der Waals surface area contributed by atoms with Crippen LogP contribution in [0.3, 0.4) is 0 Å². The number of rotatable bonds is 7. The van der Waals surface area contributed by atoms with E-state index in [1.807, 2.05) is 58.2 Å². The van der Waals surface area contributed by atoms with Gasteiger partial charge in [0.05, 0.1) is 0 Å². The molecule has 0 bridgehead atoms. The third-order valence-electron chi connectivity index (χ3n) is 5.25. The Kier molecular flexibility index (Phi) is 8.34. The van der Waals surface area contributed by atoms with Crippen LogP contribution in [0.4, 0.5) is 4.79 Å².